The number of hydrogen-bond acceptors (Lipinski definition) is 4. The zero-order valence-electron chi connectivity index (χ0n) is 8.53. The Morgan fingerprint density at radius 3 is 2.53 bits per heavy atom. The minimum absolute atomic E-state index is 0.0559. The van der Waals surface area contributed by atoms with Crippen LogP contribution in [0.2, 0.25) is 0 Å². The zero-order valence-corrected chi connectivity index (χ0v) is 8.53. The summed E-state index contributed by atoms with van der Waals surface area (Å²) < 4.78 is 40.2. The maximum absolute atomic E-state index is 11.9. The molecular formula is C9H9F3N2O3. The van der Waals surface area contributed by atoms with Crippen molar-refractivity contribution < 1.29 is 22.8 Å². The third kappa shape index (κ3) is 3.91. The van der Waals surface area contributed by atoms with E-state index >= 15 is 0 Å². The molecular weight excluding hydrogens is 241 g/mol. The first kappa shape index (κ1) is 13.2. The van der Waals surface area contributed by atoms with E-state index in [0.717, 1.165) is 12.1 Å². The number of rotatable bonds is 4. The number of nitrogens with zero attached hydrogens (tertiary/aromatic N) is 1. The SMILES string of the molecule is NCc1ccc([N+](=O)[O-])c(OCC(F)(F)F)c1. The van der Waals surface area contributed by atoms with Crippen LogP contribution in [0, 0.1) is 10.1 Å². The topological polar surface area (TPSA) is 78.4 Å². The van der Waals surface area contributed by atoms with Gasteiger partial charge in [0.1, 0.15) is 0 Å². The highest BCUT2D eigenvalue weighted by atomic mass is 19.4. The van der Waals surface area contributed by atoms with E-state index in [4.69, 9.17) is 5.73 Å². The molecule has 5 nitrogen and oxygen atoms in total. The van der Waals surface area contributed by atoms with Crippen molar-refractivity contribution >= 4 is 5.69 Å². The Balaban J connectivity index is 2.97. The summed E-state index contributed by atoms with van der Waals surface area (Å²) in [5, 5.41) is 10.6. The molecule has 1 aromatic carbocycles. The van der Waals surface area contributed by atoms with Gasteiger partial charge in [0.25, 0.3) is 0 Å². The number of ether oxygens (including phenoxy) is 1. The van der Waals surface area contributed by atoms with Gasteiger partial charge in [-0.25, -0.2) is 0 Å². The summed E-state index contributed by atoms with van der Waals surface area (Å²) in [4.78, 5) is 9.75. The maximum atomic E-state index is 11.9. The van der Waals surface area contributed by atoms with Gasteiger partial charge in [0, 0.05) is 12.6 Å². The van der Waals surface area contributed by atoms with Gasteiger partial charge in [0.2, 0.25) is 0 Å². The van der Waals surface area contributed by atoms with Crippen LogP contribution in [-0.2, 0) is 6.54 Å². The van der Waals surface area contributed by atoms with Gasteiger partial charge in [-0.15, -0.1) is 0 Å². The van der Waals surface area contributed by atoms with Gasteiger partial charge in [-0.3, -0.25) is 10.1 Å². The zero-order chi connectivity index (χ0) is 13.1. The van der Waals surface area contributed by atoms with Crippen molar-refractivity contribution in [3.63, 3.8) is 0 Å². The van der Waals surface area contributed by atoms with Crippen molar-refractivity contribution in [3.8, 4) is 5.75 Å². The van der Waals surface area contributed by atoms with Gasteiger partial charge in [-0.05, 0) is 11.6 Å². The van der Waals surface area contributed by atoms with E-state index in [2.05, 4.69) is 4.74 Å². The molecule has 0 bridgehead atoms. The van der Waals surface area contributed by atoms with Gasteiger partial charge < -0.3 is 10.5 Å². The van der Waals surface area contributed by atoms with Gasteiger partial charge >= 0.3 is 11.9 Å². The summed E-state index contributed by atoms with van der Waals surface area (Å²) in [6.07, 6.45) is -4.55. The first-order valence-corrected chi connectivity index (χ1v) is 4.50. The Hall–Kier alpha value is -1.83. The molecule has 0 unspecified atom stereocenters. The highest BCUT2D eigenvalue weighted by Crippen LogP contribution is 2.29. The minimum atomic E-state index is -4.55. The lowest BCUT2D eigenvalue weighted by atomic mass is 10.2. The first-order valence-electron chi connectivity index (χ1n) is 4.50. The van der Waals surface area contributed by atoms with E-state index in [1.807, 2.05) is 0 Å². The molecule has 0 spiro atoms. The molecule has 0 aliphatic carbocycles. The molecule has 0 saturated carbocycles. The molecule has 0 aromatic heterocycles. The van der Waals surface area contributed by atoms with Gasteiger partial charge in [-0.2, -0.15) is 13.2 Å². The molecule has 0 heterocycles. The summed E-state index contributed by atoms with van der Waals surface area (Å²) in [5.41, 5.74) is 5.21. The molecule has 0 atom stereocenters. The predicted octanol–water partition coefficient (Wildman–Crippen LogP) is 1.99. The lowest BCUT2D eigenvalue weighted by Crippen LogP contribution is -2.19. The van der Waals surface area contributed by atoms with E-state index in [-0.39, 0.29) is 6.54 Å². The Morgan fingerprint density at radius 1 is 1.41 bits per heavy atom. The molecule has 94 valence electrons. The average Bonchev–Trinajstić information content (AvgIpc) is 2.24. The molecule has 0 aliphatic rings. The lowest BCUT2D eigenvalue weighted by Gasteiger charge is -2.10. The monoisotopic (exact) mass is 250 g/mol. The summed E-state index contributed by atoms with van der Waals surface area (Å²) in [7, 11) is 0. The molecule has 1 rings (SSSR count). The van der Waals surface area contributed by atoms with E-state index in [1.165, 1.54) is 6.07 Å². The van der Waals surface area contributed by atoms with Gasteiger partial charge in [-0.1, -0.05) is 6.07 Å². The van der Waals surface area contributed by atoms with E-state index in [0.29, 0.717) is 5.56 Å². The molecule has 8 heteroatoms. The Bertz CT molecular complexity index is 420. The normalized spacial score (nSPS) is 11.3. The summed E-state index contributed by atoms with van der Waals surface area (Å²) >= 11 is 0. The number of benzene rings is 1. The van der Waals surface area contributed by atoms with Crippen LogP contribution >= 0.6 is 0 Å². The summed E-state index contributed by atoms with van der Waals surface area (Å²) in [6, 6.07) is 3.55. The van der Waals surface area contributed by atoms with Crippen LogP contribution in [0.25, 0.3) is 0 Å². The molecule has 0 amide bonds. The first-order chi connectivity index (χ1) is 7.83. The van der Waals surface area contributed by atoms with E-state index in [9.17, 15) is 23.3 Å². The molecule has 0 saturated heterocycles. The number of hydrogen-bond donors (Lipinski definition) is 1. The molecule has 2 N–H and O–H groups in total. The quantitative estimate of drug-likeness (QED) is 0.654. The molecule has 17 heavy (non-hydrogen) atoms. The third-order valence-electron chi connectivity index (χ3n) is 1.85. The molecule has 0 fully saturated rings. The molecule has 1 aromatic rings. The highest BCUT2D eigenvalue weighted by molar-refractivity contribution is 5.48. The van der Waals surface area contributed by atoms with Gasteiger partial charge in [0.05, 0.1) is 4.92 Å². The predicted molar refractivity (Wildman–Crippen MR) is 52.5 cm³/mol. The second-order valence-corrected chi connectivity index (χ2v) is 3.17. The van der Waals surface area contributed by atoms with E-state index < -0.39 is 29.1 Å². The van der Waals surface area contributed by atoms with Crippen molar-refractivity contribution in [1.29, 1.82) is 0 Å². The smallest absolute Gasteiger partial charge is 0.422 e. The lowest BCUT2D eigenvalue weighted by molar-refractivity contribution is -0.386. The average molecular weight is 250 g/mol. The van der Waals surface area contributed by atoms with E-state index in [1.54, 1.807) is 0 Å². The number of nitro benzene ring substituents is 1. The van der Waals surface area contributed by atoms with Crippen LogP contribution in [0.3, 0.4) is 0 Å². The van der Waals surface area contributed by atoms with Crippen LogP contribution in [0.15, 0.2) is 18.2 Å². The fraction of sp³-hybridized carbons (Fsp3) is 0.333. The summed E-state index contributed by atoms with van der Waals surface area (Å²) in [6.45, 7) is -1.53. The largest absolute Gasteiger partial charge is 0.477 e. The third-order valence-corrected chi connectivity index (χ3v) is 1.85. The van der Waals surface area contributed by atoms with Crippen molar-refractivity contribution in [3.05, 3.63) is 33.9 Å². The van der Waals surface area contributed by atoms with Crippen molar-refractivity contribution in [2.24, 2.45) is 5.73 Å². The molecule has 0 radical (unpaired) electrons. The number of nitrogens with two attached hydrogens (primary N) is 1. The molecule has 0 aliphatic heterocycles. The van der Waals surface area contributed by atoms with Crippen molar-refractivity contribution in [2.45, 2.75) is 12.7 Å². The Labute approximate surface area is 94.1 Å². The standard InChI is InChI=1S/C9H9F3N2O3/c10-9(11,12)5-17-8-3-6(4-13)1-2-7(8)14(15)16/h1-3H,4-5,13H2. The number of halogens is 3. The minimum Gasteiger partial charge on any atom is -0.477 e. The van der Waals surface area contributed by atoms with Crippen LogP contribution in [0.4, 0.5) is 18.9 Å². The van der Waals surface area contributed by atoms with Crippen molar-refractivity contribution in [2.75, 3.05) is 6.61 Å². The van der Waals surface area contributed by atoms with Crippen molar-refractivity contribution in [1.82, 2.24) is 0 Å². The number of alkyl halides is 3. The van der Waals surface area contributed by atoms with Crippen LogP contribution in [0.5, 0.6) is 5.75 Å². The fourth-order valence-corrected chi connectivity index (χ4v) is 1.11. The van der Waals surface area contributed by atoms with Crippen LogP contribution in [-0.4, -0.2) is 17.7 Å². The van der Waals surface area contributed by atoms with Gasteiger partial charge in [0.15, 0.2) is 12.4 Å². The Kier molecular flexibility index (Phi) is 3.89. The highest BCUT2D eigenvalue weighted by Gasteiger charge is 2.30. The second-order valence-electron chi connectivity index (χ2n) is 3.17. The second kappa shape index (κ2) is 5.00. The number of nitro groups is 1. The maximum Gasteiger partial charge on any atom is 0.422 e. The fourth-order valence-electron chi connectivity index (χ4n) is 1.11. The summed E-state index contributed by atoms with van der Waals surface area (Å²) in [5.74, 6) is -0.435. The Morgan fingerprint density at radius 2 is 2.06 bits per heavy atom. The van der Waals surface area contributed by atoms with Crippen LogP contribution in [0.1, 0.15) is 5.56 Å². The van der Waals surface area contributed by atoms with Crippen LogP contribution < -0.4 is 10.5 Å².